The molecule has 0 radical (unpaired) electrons. The summed E-state index contributed by atoms with van der Waals surface area (Å²) in [5.41, 5.74) is 5.69. The molecule has 3 aliphatic rings. The van der Waals surface area contributed by atoms with E-state index in [-0.39, 0.29) is 18.4 Å². The van der Waals surface area contributed by atoms with Crippen molar-refractivity contribution in [3.8, 4) is 0 Å². The number of amides is 1. The lowest BCUT2D eigenvalue weighted by Crippen LogP contribution is -2.59. The third kappa shape index (κ3) is 1.76. The van der Waals surface area contributed by atoms with E-state index in [0.29, 0.717) is 17.7 Å². The first kappa shape index (κ1) is 11.2. The van der Waals surface area contributed by atoms with Crippen LogP contribution in [-0.4, -0.2) is 29.9 Å². The molecule has 86 valence electrons. The lowest BCUT2D eigenvalue weighted by atomic mass is 9.87. The van der Waals surface area contributed by atoms with Gasteiger partial charge in [0.15, 0.2) is 0 Å². The summed E-state index contributed by atoms with van der Waals surface area (Å²) in [6.07, 6.45) is 5.14. The third-order valence-corrected chi connectivity index (χ3v) is 4.28. The first-order valence-corrected chi connectivity index (χ1v) is 5.78. The minimum atomic E-state index is 0. The van der Waals surface area contributed by atoms with Crippen LogP contribution in [-0.2, 0) is 4.79 Å². The average Bonchev–Trinajstić information content (AvgIpc) is 2.72. The summed E-state index contributed by atoms with van der Waals surface area (Å²) in [5.74, 6) is 2.34. The van der Waals surface area contributed by atoms with E-state index in [1.165, 1.54) is 19.3 Å². The standard InChI is InChI=1S/C11H18N2O.ClH/c12-9-5-13(6-9)11(14)10-4-7-1-2-8(10)3-7;/h7-10H,1-6,12H2;1H. The number of rotatable bonds is 1. The van der Waals surface area contributed by atoms with Gasteiger partial charge in [-0.15, -0.1) is 12.4 Å². The number of nitrogens with two attached hydrogens (primary N) is 1. The maximum atomic E-state index is 12.0. The number of hydrogen-bond donors (Lipinski definition) is 1. The number of hydrogen-bond acceptors (Lipinski definition) is 2. The van der Waals surface area contributed by atoms with Gasteiger partial charge in [0.25, 0.3) is 0 Å². The predicted molar refractivity (Wildman–Crippen MR) is 60.7 cm³/mol. The van der Waals surface area contributed by atoms with Crippen molar-refractivity contribution in [2.75, 3.05) is 13.1 Å². The molecule has 0 aromatic carbocycles. The second kappa shape index (κ2) is 3.95. The Labute approximate surface area is 96.8 Å². The molecule has 1 amide bonds. The van der Waals surface area contributed by atoms with Gasteiger partial charge in [-0.2, -0.15) is 0 Å². The minimum Gasteiger partial charge on any atom is -0.339 e. The molecule has 1 aliphatic heterocycles. The summed E-state index contributed by atoms with van der Waals surface area (Å²) in [7, 11) is 0. The van der Waals surface area contributed by atoms with Crippen LogP contribution in [0, 0.1) is 17.8 Å². The first-order chi connectivity index (χ1) is 6.74. The summed E-state index contributed by atoms with van der Waals surface area (Å²) < 4.78 is 0. The SMILES string of the molecule is Cl.NC1CN(C(=O)C2CC3CCC2C3)C1. The topological polar surface area (TPSA) is 46.3 Å². The molecule has 2 aliphatic carbocycles. The van der Waals surface area contributed by atoms with E-state index in [9.17, 15) is 4.79 Å². The number of likely N-dealkylation sites (tertiary alicyclic amines) is 1. The highest BCUT2D eigenvalue weighted by molar-refractivity contribution is 5.85. The van der Waals surface area contributed by atoms with Gasteiger partial charge in [0.2, 0.25) is 5.91 Å². The van der Waals surface area contributed by atoms with Gasteiger partial charge in [0.1, 0.15) is 0 Å². The van der Waals surface area contributed by atoms with Crippen molar-refractivity contribution in [2.45, 2.75) is 31.7 Å². The van der Waals surface area contributed by atoms with Crippen LogP contribution in [0.25, 0.3) is 0 Å². The quantitative estimate of drug-likeness (QED) is 0.731. The van der Waals surface area contributed by atoms with Gasteiger partial charge in [0.05, 0.1) is 0 Å². The molecule has 15 heavy (non-hydrogen) atoms. The molecule has 3 nitrogen and oxygen atoms in total. The Morgan fingerprint density at radius 2 is 1.93 bits per heavy atom. The van der Waals surface area contributed by atoms with E-state index in [2.05, 4.69) is 0 Å². The highest BCUT2D eigenvalue weighted by Crippen LogP contribution is 2.49. The fraction of sp³-hybridized carbons (Fsp3) is 0.909. The Bertz CT molecular complexity index is 265. The normalized spacial score (nSPS) is 38.7. The molecule has 1 heterocycles. The number of halogens is 1. The number of nitrogens with zero attached hydrogens (tertiary/aromatic N) is 1. The van der Waals surface area contributed by atoms with Crippen molar-refractivity contribution in [1.29, 1.82) is 0 Å². The van der Waals surface area contributed by atoms with Crippen molar-refractivity contribution in [3.05, 3.63) is 0 Å². The summed E-state index contributed by atoms with van der Waals surface area (Å²) >= 11 is 0. The van der Waals surface area contributed by atoms with E-state index < -0.39 is 0 Å². The smallest absolute Gasteiger partial charge is 0.226 e. The van der Waals surface area contributed by atoms with Crippen LogP contribution < -0.4 is 5.73 Å². The Morgan fingerprint density at radius 1 is 1.20 bits per heavy atom. The van der Waals surface area contributed by atoms with Crippen LogP contribution in [0.1, 0.15) is 25.7 Å². The summed E-state index contributed by atoms with van der Waals surface area (Å²) in [6.45, 7) is 1.60. The molecule has 2 saturated carbocycles. The number of carbonyl (C=O) groups is 1. The van der Waals surface area contributed by atoms with Gasteiger partial charge in [0, 0.05) is 25.0 Å². The lowest BCUT2D eigenvalue weighted by Gasteiger charge is -2.39. The molecule has 2 N–H and O–H groups in total. The zero-order valence-corrected chi connectivity index (χ0v) is 9.71. The van der Waals surface area contributed by atoms with E-state index in [0.717, 1.165) is 25.4 Å². The molecule has 1 saturated heterocycles. The predicted octanol–water partition coefficient (Wildman–Crippen LogP) is 1.01. The average molecular weight is 231 g/mol. The first-order valence-electron chi connectivity index (χ1n) is 5.78. The number of carbonyl (C=O) groups excluding carboxylic acids is 1. The molecule has 2 bridgehead atoms. The second-order valence-electron chi connectivity index (χ2n) is 5.28. The molecule has 4 heteroatoms. The molecule has 3 fully saturated rings. The Balaban J connectivity index is 0.000000853. The molecular weight excluding hydrogens is 212 g/mol. The van der Waals surface area contributed by atoms with Crippen LogP contribution in [0.2, 0.25) is 0 Å². The van der Waals surface area contributed by atoms with Gasteiger partial charge in [-0.25, -0.2) is 0 Å². The zero-order chi connectivity index (χ0) is 9.71. The fourth-order valence-corrected chi connectivity index (χ4v) is 3.47. The maximum absolute atomic E-state index is 12.0. The van der Waals surface area contributed by atoms with E-state index in [1.54, 1.807) is 0 Å². The fourth-order valence-electron chi connectivity index (χ4n) is 3.47. The van der Waals surface area contributed by atoms with Crippen LogP contribution in [0.4, 0.5) is 0 Å². The van der Waals surface area contributed by atoms with Crippen LogP contribution >= 0.6 is 12.4 Å². The highest BCUT2D eigenvalue weighted by Gasteiger charge is 2.45. The molecule has 0 aromatic rings. The molecule has 3 unspecified atom stereocenters. The molecule has 0 aromatic heterocycles. The van der Waals surface area contributed by atoms with Gasteiger partial charge >= 0.3 is 0 Å². The second-order valence-corrected chi connectivity index (χ2v) is 5.28. The monoisotopic (exact) mass is 230 g/mol. The summed E-state index contributed by atoms with van der Waals surface area (Å²) in [5, 5.41) is 0. The summed E-state index contributed by atoms with van der Waals surface area (Å²) in [6, 6.07) is 0.248. The van der Waals surface area contributed by atoms with Crippen LogP contribution in [0.15, 0.2) is 0 Å². The highest BCUT2D eigenvalue weighted by atomic mass is 35.5. The minimum absolute atomic E-state index is 0. The molecular formula is C11H19ClN2O. The van der Waals surface area contributed by atoms with Crippen LogP contribution in [0.5, 0.6) is 0 Å². The molecule has 3 atom stereocenters. The van der Waals surface area contributed by atoms with Crippen LogP contribution in [0.3, 0.4) is 0 Å². The van der Waals surface area contributed by atoms with Crippen molar-refractivity contribution < 1.29 is 4.79 Å². The van der Waals surface area contributed by atoms with Crippen molar-refractivity contribution >= 4 is 18.3 Å². The largest absolute Gasteiger partial charge is 0.339 e. The Hall–Kier alpha value is -0.280. The van der Waals surface area contributed by atoms with Crippen molar-refractivity contribution in [2.24, 2.45) is 23.5 Å². The van der Waals surface area contributed by atoms with E-state index in [1.807, 2.05) is 4.90 Å². The van der Waals surface area contributed by atoms with E-state index in [4.69, 9.17) is 5.73 Å². The van der Waals surface area contributed by atoms with Gasteiger partial charge in [-0.3, -0.25) is 4.79 Å². The Morgan fingerprint density at radius 3 is 2.40 bits per heavy atom. The van der Waals surface area contributed by atoms with Crippen molar-refractivity contribution in [1.82, 2.24) is 4.90 Å². The number of fused-ring (bicyclic) bond motifs is 2. The molecule has 0 spiro atoms. The van der Waals surface area contributed by atoms with Crippen molar-refractivity contribution in [3.63, 3.8) is 0 Å². The van der Waals surface area contributed by atoms with Gasteiger partial charge < -0.3 is 10.6 Å². The maximum Gasteiger partial charge on any atom is 0.226 e. The summed E-state index contributed by atoms with van der Waals surface area (Å²) in [4.78, 5) is 14.0. The molecule has 3 rings (SSSR count). The Kier molecular flexibility index (Phi) is 2.95. The lowest BCUT2D eigenvalue weighted by molar-refractivity contribution is -0.141. The third-order valence-electron chi connectivity index (χ3n) is 4.28. The van der Waals surface area contributed by atoms with Gasteiger partial charge in [-0.05, 0) is 31.1 Å². The van der Waals surface area contributed by atoms with E-state index >= 15 is 0 Å². The zero-order valence-electron chi connectivity index (χ0n) is 8.89. The van der Waals surface area contributed by atoms with Gasteiger partial charge in [-0.1, -0.05) is 6.42 Å².